The van der Waals surface area contributed by atoms with E-state index in [1.165, 1.54) is 32.1 Å². The van der Waals surface area contributed by atoms with Crippen LogP contribution in [0.1, 0.15) is 65.2 Å². The zero-order chi connectivity index (χ0) is 12.9. The van der Waals surface area contributed by atoms with Crippen molar-refractivity contribution in [2.45, 2.75) is 65.2 Å². The lowest BCUT2D eigenvalue weighted by atomic mass is 10.1. The fourth-order valence-electron chi connectivity index (χ4n) is 1.62. The Morgan fingerprint density at radius 1 is 1.18 bits per heavy atom. The Morgan fingerprint density at radius 2 is 1.82 bits per heavy atom. The molecule has 3 heteroatoms. The van der Waals surface area contributed by atoms with E-state index in [1.807, 2.05) is 0 Å². The molecule has 1 atom stereocenters. The van der Waals surface area contributed by atoms with Crippen molar-refractivity contribution in [3.63, 3.8) is 0 Å². The molecule has 0 spiro atoms. The van der Waals surface area contributed by atoms with Gasteiger partial charge in [-0.2, -0.15) is 0 Å². The van der Waals surface area contributed by atoms with Gasteiger partial charge in [-0.3, -0.25) is 4.79 Å². The predicted octanol–water partition coefficient (Wildman–Crippen LogP) is 3.27. The number of hydrogen-bond donors (Lipinski definition) is 1. The van der Waals surface area contributed by atoms with Crippen molar-refractivity contribution in [3.8, 4) is 0 Å². The standard InChI is InChI=1S/C14H29NO2/c1-3-4-5-6-7-8-11-17-14(16)10-9-13(2)12-15/h13H,3-12,15H2,1-2H3. The lowest BCUT2D eigenvalue weighted by Gasteiger charge is -2.08. The van der Waals surface area contributed by atoms with Gasteiger partial charge in [0.25, 0.3) is 0 Å². The number of carbonyl (C=O) groups is 1. The van der Waals surface area contributed by atoms with Crippen LogP contribution in [-0.4, -0.2) is 19.1 Å². The molecule has 2 N–H and O–H groups in total. The zero-order valence-corrected chi connectivity index (χ0v) is 11.5. The highest BCUT2D eigenvalue weighted by Gasteiger charge is 2.06. The molecule has 0 aliphatic carbocycles. The third kappa shape index (κ3) is 11.7. The number of esters is 1. The summed E-state index contributed by atoms with van der Waals surface area (Å²) in [7, 11) is 0. The first-order chi connectivity index (χ1) is 8.20. The quantitative estimate of drug-likeness (QED) is 0.447. The Kier molecular flexibility index (Phi) is 11.5. The summed E-state index contributed by atoms with van der Waals surface area (Å²) in [6.45, 7) is 5.50. The number of nitrogens with two attached hydrogens (primary N) is 1. The summed E-state index contributed by atoms with van der Waals surface area (Å²) in [5.74, 6) is 0.343. The summed E-state index contributed by atoms with van der Waals surface area (Å²) in [5.41, 5.74) is 5.49. The molecule has 0 fully saturated rings. The van der Waals surface area contributed by atoms with E-state index in [1.54, 1.807) is 0 Å². The van der Waals surface area contributed by atoms with Crippen molar-refractivity contribution < 1.29 is 9.53 Å². The van der Waals surface area contributed by atoms with Crippen LogP contribution in [0.2, 0.25) is 0 Å². The number of unbranched alkanes of at least 4 members (excludes halogenated alkanes) is 5. The minimum atomic E-state index is -0.0705. The van der Waals surface area contributed by atoms with Crippen LogP contribution < -0.4 is 5.73 Å². The predicted molar refractivity (Wildman–Crippen MR) is 71.8 cm³/mol. The van der Waals surface area contributed by atoms with Crippen molar-refractivity contribution in [2.75, 3.05) is 13.2 Å². The van der Waals surface area contributed by atoms with E-state index >= 15 is 0 Å². The molecule has 0 aromatic heterocycles. The first-order valence-corrected chi connectivity index (χ1v) is 7.06. The smallest absolute Gasteiger partial charge is 0.305 e. The summed E-state index contributed by atoms with van der Waals surface area (Å²) in [4.78, 5) is 11.3. The summed E-state index contributed by atoms with van der Waals surface area (Å²) in [6, 6.07) is 0. The van der Waals surface area contributed by atoms with E-state index in [2.05, 4.69) is 13.8 Å². The first-order valence-electron chi connectivity index (χ1n) is 7.06. The summed E-state index contributed by atoms with van der Waals surface area (Å²) < 4.78 is 5.16. The van der Waals surface area contributed by atoms with E-state index in [0.717, 1.165) is 12.8 Å². The first kappa shape index (κ1) is 16.4. The molecule has 0 saturated carbocycles. The molecule has 0 saturated heterocycles. The average molecular weight is 243 g/mol. The molecular weight excluding hydrogens is 214 g/mol. The SMILES string of the molecule is CCCCCCCCOC(=O)CCC(C)CN. The molecule has 0 heterocycles. The Bertz CT molecular complexity index is 183. The molecule has 0 aliphatic rings. The van der Waals surface area contributed by atoms with E-state index in [-0.39, 0.29) is 5.97 Å². The van der Waals surface area contributed by atoms with Crippen LogP contribution in [0.25, 0.3) is 0 Å². The number of hydrogen-bond acceptors (Lipinski definition) is 3. The number of carbonyl (C=O) groups excluding carboxylic acids is 1. The summed E-state index contributed by atoms with van der Waals surface area (Å²) in [5, 5.41) is 0. The van der Waals surface area contributed by atoms with Gasteiger partial charge in [0.2, 0.25) is 0 Å². The minimum Gasteiger partial charge on any atom is -0.466 e. The Hall–Kier alpha value is -0.570. The third-order valence-electron chi connectivity index (χ3n) is 3.00. The van der Waals surface area contributed by atoms with Crippen LogP contribution in [0.5, 0.6) is 0 Å². The Balaban J connectivity index is 3.22. The number of ether oxygens (including phenoxy) is 1. The van der Waals surface area contributed by atoms with Gasteiger partial charge in [-0.25, -0.2) is 0 Å². The van der Waals surface area contributed by atoms with Crippen molar-refractivity contribution in [1.82, 2.24) is 0 Å². The van der Waals surface area contributed by atoms with E-state index in [9.17, 15) is 4.79 Å². The highest BCUT2D eigenvalue weighted by Crippen LogP contribution is 2.07. The van der Waals surface area contributed by atoms with Gasteiger partial charge in [-0.1, -0.05) is 46.0 Å². The topological polar surface area (TPSA) is 52.3 Å². The molecular formula is C14H29NO2. The molecule has 1 unspecified atom stereocenters. The van der Waals surface area contributed by atoms with E-state index in [4.69, 9.17) is 10.5 Å². The second kappa shape index (κ2) is 11.9. The molecule has 17 heavy (non-hydrogen) atoms. The maximum atomic E-state index is 11.3. The van der Waals surface area contributed by atoms with Crippen LogP contribution in [0.4, 0.5) is 0 Å². The highest BCUT2D eigenvalue weighted by atomic mass is 16.5. The van der Waals surface area contributed by atoms with Gasteiger partial charge in [0.05, 0.1) is 6.61 Å². The fourth-order valence-corrected chi connectivity index (χ4v) is 1.62. The second-order valence-corrected chi connectivity index (χ2v) is 4.87. The molecule has 0 aliphatic heterocycles. The maximum absolute atomic E-state index is 11.3. The van der Waals surface area contributed by atoms with Crippen LogP contribution >= 0.6 is 0 Å². The monoisotopic (exact) mass is 243 g/mol. The second-order valence-electron chi connectivity index (χ2n) is 4.87. The Morgan fingerprint density at radius 3 is 2.47 bits per heavy atom. The van der Waals surface area contributed by atoms with E-state index in [0.29, 0.717) is 25.5 Å². The van der Waals surface area contributed by atoms with Gasteiger partial charge in [-0.15, -0.1) is 0 Å². The molecule has 3 nitrogen and oxygen atoms in total. The normalized spacial score (nSPS) is 12.4. The molecule has 0 bridgehead atoms. The Labute approximate surface area is 106 Å². The largest absolute Gasteiger partial charge is 0.466 e. The van der Waals surface area contributed by atoms with Crippen LogP contribution in [0, 0.1) is 5.92 Å². The molecule has 0 aromatic rings. The maximum Gasteiger partial charge on any atom is 0.305 e. The van der Waals surface area contributed by atoms with E-state index < -0.39 is 0 Å². The third-order valence-corrected chi connectivity index (χ3v) is 3.00. The van der Waals surface area contributed by atoms with Gasteiger partial charge in [-0.05, 0) is 25.3 Å². The summed E-state index contributed by atoms with van der Waals surface area (Å²) in [6.07, 6.45) is 8.67. The molecule has 0 rings (SSSR count). The highest BCUT2D eigenvalue weighted by molar-refractivity contribution is 5.69. The molecule has 102 valence electrons. The zero-order valence-electron chi connectivity index (χ0n) is 11.5. The lowest BCUT2D eigenvalue weighted by molar-refractivity contribution is -0.144. The van der Waals surface area contributed by atoms with Gasteiger partial charge in [0.15, 0.2) is 0 Å². The minimum absolute atomic E-state index is 0.0705. The van der Waals surface area contributed by atoms with Gasteiger partial charge >= 0.3 is 5.97 Å². The van der Waals surface area contributed by atoms with Crippen LogP contribution in [0.15, 0.2) is 0 Å². The van der Waals surface area contributed by atoms with Crippen molar-refractivity contribution in [2.24, 2.45) is 11.7 Å². The van der Waals surface area contributed by atoms with Gasteiger partial charge in [0, 0.05) is 6.42 Å². The molecule has 0 aromatic carbocycles. The van der Waals surface area contributed by atoms with Crippen molar-refractivity contribution in [1.29, 1.82) is 0 Å². The fraction of sp³-hybridized carbons (Fsp3) is 0.929. The van der Waals surface area contributed by atoms with Crippen LogP contribution in [-0.2, 0) is 9.53 Å². The summed E-state index contributed by atoms with van der Waals surface area (Å²) >= 11 is 0. The number of rotatable bonds is 11. The average Bonchev–Trinajstić information content (AvgIpc) is 2.34. The molecule has 0 radical (unpaired) electrons. The van der Waals surface area contributed by atoms with Crippen molar-refractivity contribution >= 4 is 5.97 Å². The van der Waals surface area contributed by atoms with Crippen molar-refractivity contribution in [3.05, 3.63) is 0 Å². The molecule has 0 amide bonds. The van der Waals surface area contributed by atoms with Gasteiger partial charge in [0.1, 0.15) is 0 Å². The van der Waals surface area contributed by atoms with Crippen LogP contribution in [0.3, 0.4) is 0 Å². The lowest BCUT2D eigenvalue weighted by Crippen LogP contribution is -2.13. The van der Waals surface area contributed by atoms with Gasteiger partial charge < -0.3 is 10.5 Å².